The van der Waals surface area contributed by atoms with E-state index < -0.39 is 18.0 Å². The van der Waals surface area contributed by atoms with Crippen molar-refractivity contribution in [1.29, 1.82) is 0 Å². The van der Waals surface area contributed by atoms with E-state index in [2.05, 4.69) is 36.1 Å². The van der Waals surface area contributed by atoms with Crippen LogP contribution in [0, 0.1) is 0 Å². The van der Waals surface area contributed by atoms with Gasteiger partial charge in [0.1, 0.15) is 23.0 Å². The van der Waals surface area contributed by atoms with E-state index in [1.165, 1.54) is 17.1 Å². The van der Waals surface area contributed by atoms with Crippen molar-refractivity contribution in [2.24, 2.45) is 0 Å². The predicted molar refractivity (Wildman–Crippen MR) is 157 cm³/mol. The summed E-state index contributed by atoms with van der Waals surface area (Å²) >= 11 is 12.7. The minimum Gasteiger partial charge on any atom is -0.465 e. The monoisotopic (exact) mass is 625 g/mol. The van der Waals surface area contributed by atoms with Gasteiger partial charge in [-0.05, 0) is 46.8 Å². The highest BCUT2D eigenvalue weighted by atomic mass is 35.5. The summed E-state index contributed by atoms with van der Waals surface area (Å²) in [4.78, 5) is 46.5. The summed E-state index contributed by atoms with van der Waals surface area (Å²) in [5, 5.41) is 25.9. The van der Waals surface area contributed by atoms with Crippen molar-refractivity contribution in [1.82, 2.24) is 40.4 Å². The minimum atomic E-state index is -1.19. The zero-order chi connectivity index (χ0) is 30.3. The number of ether oxygens (including phenoxy) is 1. The molecular formula is C27H25Cl2N9O5. The largest absolute Gasteiger partial charge is 0.465 e. The van der Waals surface area contributed by atoms with Crippen LogP contribution in [-0.4, -0.2) is 84.4 Å². The lowest BCUT2D eigenvalue weighted by atomic mass is 10.1. The van der Waals surface area contributed by atoms with E-state index in [-0.39, 0.29) is 23.3 Å². The lowest BCUT2D eigenvalue weighted by Crippen LogP contribution is -2.42. The first-order valence-electron chi connectivity index (χ1n) is 13.0. The molecule has 222 valence electrons. The van der Waals surface area contributed by atoms with Crippen LogP contribution in [0.25, 0.3) is 23.0 Å². The smallest absolute Gasteiger partial charge is 0.409 e. The van der Waals surface area contributed by atoms with Gasteiger partial charge in [-0.15, -0.1) is 5.10 Å². The summed E-state index contributed by atoms with van der Waals surface area (Å²) in [6.45, 7) is 1.74. The van der Waals surface area contributed by atoms with E-state index in [0.717, 1.165) is 0 Å². The van der Waals surface area contributed by atoms with E-state index in [0.29, 0.717) is 59.5 Å². The van der Waals surface area contributed by atoms with Crippen LogP contribution >= 0.6 is 23.2 Å². The Balaban J connectivity index is 1.39. The Kier molecular flexibility index (Phi) is 9.29. The maximum atomic E-state index is 13.2. The standard InChI is InChI=1S/C27H25Cl2N9O5/c28-18-4-7-21(38-15-30-35-36-38)17(13-18)3-8-22(39)32-20(14-23(40)37-9-11-43-12-10-37)26-33-24(25(29)34-26)16-1-5-19(6-2-16)31-27(41)42/h1-8,13,15,20,31H,9-12,14H2,(H,32,39)(H,33,34)(H,41,42). The number of carboxylic acid groups (broad SMARTS) is 1. The molecule has 1 unspecified atom stereocenters. The molecule has 16 heteroatoms. The highest BCUT2D eigenvalue weighted by Crippen LogP contribution is 2.30. The molecule has 4 aromatic rings. The van der Waals surface area contributed by atoms with E-state index in [1.54, 1.807) is 53.4 Å². The van der Waals surface area contributed by atoms with E-state index in [9.17, 15) is 14.4 Å². The zero-order valence-electron chi connectivity index (χ0n) is 22.4. The van der Waals surface area contributed by atoms with Gasteiger partial charge in [-0.25, -0.2) is 9.78 Å². The molecule has 3 amide bonds. The van der Waals surface area contributed by atoms with Crippen molar-refractivity contribution in [3.63, 3.8) is 0 Å². The van der Waals surface area contributed by atoms with Crippen molar-refractivity contribution < 1.29 is 24.2 Å². The second-order valence-corrected chi connectivity index (χ2v) is 10.2. The molecule has 1 atom stereocenters. The van der Waals surface area contributed by atoms with Gasteiger partial charge in [0, 0.05) is 41.0 Å². The number of aromatic amines is 1. The number of aromatic nitrogens is 6. The number of imidazole rings is 1. The average Bonchev–Trinajstić information content (AvgIpc) is 3.67. The average molecular weight is 626 g/mol. The Labute approximate surface area is 254 Å². The summed E-state index contributed by atoms with van der Waals surface area (Å²) in [7, 11) is 0. The molecule has 1 saturated heterocycles. The summed E-state index contributed by atoms with van der Waals surface area (Å²) < 4.78 is 6.79. The molecule has 1 aliphatic heterocycles. The zero-order valence-corrected chi connectivity index (χ0v) is 23.9. The molecule has 0 saturated carbocycles. The third-order valence-electron chi connectivity index (χ3n) is 6.48. The number of carbonyl (C=O) groups excluding carboxylic acids is 2. The van der Waals surface area contributed by atoms with Gasteiger partial charge in [-0.1, -0.05) is 35.3 Å². The first-order chi connectivity index (χ1) is 20.8. The van der Waals surface area contributed by atoms with E-state index in [4.69, 9.17) is 33.0 Å². The van der Waals surface area contributed by atoms with Crippen molar-refractivity contribution in [2.75, 3.05) is 31.6 Å². The number of morpholine rings is 1. The van der Waals surface area contributed by atoms with Crippen molar-refractivity contribution >= 4 is 52.9 Å². The van der Waals surface area contributed by atoms with Gasteiger partial charge in [-0.2, -0.15) is 4.68 Å². The van der Waals surface area contributed by atoms with Gasteiger partial charge in [0.15, 0.2) is 0 Å². The first-order valence-corrected chi connectivity index (χ1v) is 13.7. The molecule has 2 aromatic heterocycles. The predicted octanol–water partition coefficient (Wildman–Crippen LogP) is 3.57. The van der Waals surface area contributed by atoms with Crippen LogP contribution in [0.4, 0.5) is 10.5 Å². The maximum Gasteiger partial charge on any atom is 0.409 e. The number of rotatable bonds is 9. The molecule has 0 aliphatic carbocycles. The SMILES string of the molecule is O=C(O)Nc1ccc(-c2nc(C(CC(=O)N3CCOCC3)NC(=O)C=Cc3cc(Cl)ccc3-n3cnnn3)[nH]c2Cl)cc1. The fourth-order valence-electron chi connectivity index (χ4n) is 4.42. The van der Waals surface area contributed by atoms with Crippen molar-refractivity contribution in [3.8, 4) is 16.9 Å². The normalized spacial score (nSPS) is 14.0. The Bertz CT molecular complexity index is 1630. The van der Waals surface area contributed by atoms with E-state index in [1.807, 2.05) is 0 Å². The second-order valence-electron chi connectivity index (χ2n) is 9.34. The van der Waals surface area contributed by atoms with Crippen molar-refractivity contribution in [2.45, 2.75) is 12.5 Å². The fourth-order valence-corrected chi connectivity index (χ4v) is 4.85. The Hall–Kier alpha value is -4.79. The number of nitrogens with one attached hydrogen (secondary N) is 3. The summed E-state index contributed by atoms with van der Waals surface area (Å²) in [5.74, 6) is -0.416. The maximum absolute atomic E-state index is 13.2. The number of nitrogens with zero attached hydrogens (tertiary/aromatic N) is 6. The van der Waals surface area contributed by atoms with Crippen LogP contribution in [0.5, 0.6) is 0 Å². The van der Waals surface area contributed by atoms with Crippen LogP contribution in [0.3, 0.4) is 0 Å². The van der Waals surface area contributed by atoms with Crippen LogP contribution in [0.1, 0.15) is 23.9 Å². The number of benzene rings is 2. The quantitative estimate of drug-likeness (QED) is 0.202. The van der Waals surface area contributed by atoms with Gasteiger partial charge < -0.3 is 25.0 Å². The number of H-pyrrole nitrogens is 1. The molecule has 2 aromatic carbocycles. The third kappa shape index (κ3) is 7.54. The number of tetrazole rings is 1. The van der Waals surface area contributed by atoms with Crippen LogP contribution in [0.15, 0.2) is 54.9 Å². The molecule has 14 nitrogen and oxygen atoms in total. The molecule has 1 fully saturated rings. The Morgan fingerprint density at radius 2 is 1.88 bits per heavy atom. The topological polar surface area (TPSA) is 180 Å². The second kappa shape index (κ2) is 13.5. The number of hydrogen-bond donors (Lipinski definition) is 4. The summed E-state index contributed by atoms with van der Waals surface area (Å²) in [6.07, 6.45) is 3.02. The number of halogens is 2. The molecule has 5 rings (SSSR count). The van der Waals surface area contributed by atoms with Gasteiger partial charge in [0.05, 0.1) is 31.4 Å². The third-order valence-corrected chi connectivity index (χ3v) is 6.98. The number of hydrogen-bond acceptors (Lipinski definition) is 8. The molecule has 1 aliphatic rings. The van der Waals surface area contributed by atoms with Gasteiger partial charge in [-0.3, -0.25) is 14.9 Å². The lowest BCUT2D eigenvalue weighted by molar-refractivity contribution is -0.136. The molecule has 3 heterocycles. The first kappa shape index (κ1) is 29.7. The lowest BCUT2D eigenvalue weighted by Gasteiger charge is -2.28. The van der Waals surface area contributed by atoms with Crippen LogP contribution in [-0.2, 0) is 14.3 Å². The molecule has 0 radical (unpaired) electrons. The molecule has 0 bridgehead atoms. The molecular weight excluding hydrogens is 601 g/mol. The Morgan fingerprint density at radius 1 is 1.12 bits per heavy atom. The number of carbonyl (C=O) groups is 3. The summed E-state index contributed by atoms with van der Waals surface area (Å²) in [5.41, 5.74) is 2.53. The molecule has 4 N–H and O–H groups in total. The van der Waals surface area contributed by atoms with Gasteiger partial charge in [0.2, 0.25) is 11.8 Å². The van der Waals surface area contributed by atoms with Crippen LogP contribution < -0.4 is 10.6 Å². The van der Waals surface area contributed by atoms with Gasteiger partial charge >= 0.3 is 6.09 Å². The number of amides is 3. The number of anilines is 1. The Morgan fingerprint density at radius 3 is 2.58 bits per heavy atom. The molecule has 43 heavy (non-hydrogen) atoms. The van der Waals surface area contributed by atoms with Crippen molar-refractivity contribution in [3.05, 3.63) is 76.4 Å². The van der Waals surface area contributed by atoms with E-state index >= 15 is 0 Å². The minimum absolute atomic E-state index is 0.0859. The van der Waals surface area contributed by atoms with Crippen LogP contribution in [0.2, 0.25) is 10.2 Å². The highest BCUT2D eigenvalue weighted by Gasteiger charge is 2.26. The summed E-state index contributed by atoms with van der Waals surface area (Å²) in [6, 6.07) is 10.6. The van der Waals surface area contributed by atoms with Gasteiger partial charge in [0.25, 0.3) is 0 Å². The highest BCUT2D eigenvalue weighted by molar-refractivity contribution is 6.32. The molecule has 0 spiro atoms. The fraction of sp³-hybridized carbons (Fsp3) is 0.222.